The molecule has 0 bridgehead atoms. The van der Waals surface area contributed by atoms with Gasteiger partial charge in [0, 0.05) is 25.7 Å². The third-order valence-corrected chi connectivity index (χ3v) is 4.91. The number of esters is 1. The summed E-state index contributed by atoms with van der Waals surface area (Å²) in [5.74, 6) is -0.622. The SMILES string of the molecule is CCOC(=O)C1CCCN(C(=O)c2cc(-c3ccccc3Cl)nn2C)C1. The first kappa shape index (κ1) is 18.5. The van der Waals surface area contributed by atoms with Gasteiger partial charge < -0.3 is 9.64 Å². The number of carbonyl (C=O) groups is 2. The van der Waals surface area contributed by atoms with Crippen molar-refractivity contribution in [2.75, 3.05) is 19.7 Å². The molecular formula is C19H22ClN3O3. The van der Waals surface area contributed by atoms with Crippen molar-refractivity contribution in [1.82, 2.24) is 14.7 Å². The molecule has 1 fully saturated rings. The molecule has 2 heterocycles. The van der Waals surface area contributed by atoms with Crippen molar-refractivity contribution in [3.05, 3.63) is 41.0 Å². The van der Waals surface area contributed by atoms with Crippen LogP contribution < -0.4 is 0 Å². The minimum Gasteiger partial charge on any atom is -0.466 e. The topological polar surface area (TPSA) is 64.4 Å². The molecule has 0 spiro atoms. The monoisotopic (exact) mass is 375 g/mol. The molecule has 0 saturated carbocycles. The average Bonchev–Trinajstić information content (AvgIpc) is 3.03. The Morgan fingerprint density at radius 1 is 1.35 bits per heavy atom. The zero-order valence-corrected chi connectivity index (χ0v) is 15.7. The molecule has 0 aliphatic carbocycles. The largest absolute Gasteiger partial charge is 0.466 e. The second kappa shape index (κ2) is 7.91. The van der Waals surface area contributed by atoms with E-state index in [4.69, 9.17) is 16.3 Å². The lowest BCUT2D eigenvalue weighted by molar-refractivity contribution is -0.149. The summed E-state index contributed by atoms with van der Waals surface area (Å²) in [5, 5.41) is 5.02. The van der Waals surface area contributed by atoms with Crippen LogP contribution in [0.3, 0.4) is 0 Å². The summed E-state index contributed by atoms with van der Waals surface area (Å²) in [6.07, 6.45) is 1.53. The lowest BCUT2D eigenvalue weighted by Gasteiger charge is -2.31. The Morgan fingerprint density at radius 3 is 2.85 bits per heavy atom. The summed E-state index contributed by atoms with van der Waals surface area (Å²) in [7, 11) is 1.74. The quantitative estimate of drug-likeness (QED) is 0.770. The van der Waals surface area contributed by atoms with Gasteiger partial charge in [0.25, 0.3) is 5.91 Å². The number of nitrogens with zero attached hydrogens (tertiary/aromatic N) is 3. The van der Waals surface area contributed by atoms with Gasteiger partial charge in [-0.25, -0.2) is 0 Å². The molecule has 1 amide bonds. The van der Waals surface area contributed by atoms with E-state index in [1.807, 2.05) is 18.2 Å². The average molecular weight is 376 g/mol. The number of benzene rings is 1. The van der Waals surface area contributed by atoms with Crippen molar-refractivity contribution in [2.45, 2.75) is 19.8 Å². The third-order valence-electron chi connectivity index (χ3n) is 4.58. The van der Waals surface area contributed by atoms with E-state index >= 15 is 0 Å². The number of likely N-dealkylation sites (tertiary alicyclic amines) is 1. The number of amides is 1. The molecular weight excluding hydrogens is 354 g/mol. The van der Waals surface area contributed by atoms with E-state index in [-0.39, 0.29) is 17.8 Å². The first-order valence-corrected chi connectivity index (χ1v) is 9.14. The van der Waals surface area contributed by atoms with Crippen LogP contribution >= 0.6 is 11.6 Å². The highest BCUT2D eigenvalue weighted by atomic mass is 35.5. The van der Waals surface area contributed by atoms with Gasteiger partial charge in [-0.2, -0.15) is 5.10 Å². The van der Waals surface area contributed by atoms with Crippen LogP contribution in [0.25, 0.3) is 11.3 Å². The number of ether oxygens (including phenoxy) is 1. The normalized spacial score (nSPS) is 17.2. The molecule has 1 unspecified atom stereocenters. The maximum atomic E-state index is 13.0. The van der Waals surface area contributed by atoms with E-state index < -0.39 is 0 Å². The van der Waals surface area contributed by atoms with Gasteiger partial charge in [0.1, 0.15) is 5.69 Å². The van der Waals surface area contributed by atoms with E-state index in [9.17, 15) is 9.59 Å². The van der Waals surface area contributed by atoms with Crippen molar-refractivity contribution in [3.63, 3.8) is 0 Å². The van der Waals surface area contributed by atoms with E-state index in [1.54, 1.807) is 35.7 Å². The first-order valence-electron chi connectivity index (χ1n) is 8.76. The van der Waals surface area contributed by atoms with Gasteiger partial charge in [0.05, 0.1) is 23.2 Å². The summed E-state index contributed by atoms with van der Waals surface area (Å²) in [6.45, 7) is 3.15. The van der Waals surface area contributed by atoms with E-state index in [1.165, 1.54) is 0 Å². The van der Waals surface area contributed by atoms with Gasteiger partial charge in [-0.1, -0.05) is 29.8 Å². The molecule has 0 N–H and O–H groups in total. The molecule has 2 aromatic rings. The molecule has 26 heavy (non-hydrogen) atoms. The van der Waals surface area contributed by atoms with Crippen LogP contribution in [0.2, 0.25) is 5.02 Å². The number of aromatic nitrogens is 2. The summed E-state index contributed by atoms with van der Waals surface area (Å²) in [4.78, 5) is 26.7. The fraction of sp³-hybridized carbons (Fsp3) is 0.421. The summed E-state index contributed by atoms with van der Waals surface area (Å²) >= 11 is 6.24. The summed E-state index contributed by atoms with van der Waals surface area (Å²) < 4.78 is 6.67. The molecule has 0 radical (unpaired) electrons. The fourth-order valence-corrected chi connectivity index (χ4v) is 3.48. The Labute approximate surface area is 157 Å². The Morgan fingerprint density at radius 2 is 2.12 bits per heavy atom. The number of rotatable bonds is 4. The second-order valence-corrected chi connectivity index (χ2v) is 6.77. The Bertz CT molecular complexity index is 818. The molecule has 1 atom stereocenters. The van der Waals surface area contributed by atoms with Gasteiger partial charge in [-0.15, -0.1) is 0 Å². The first-order chi connectivity index (χ1) is 12.5. The van der Waals surface area contributed by atoms with E-state index in [2.05, 4.69) is 5.10 Å². The molecule has 6 nitrogen and oxygen atoms in total. The zero-order valence-electron chi connectivity index (χ0n) is 14.9. The minimum atomic E-state index is -0.260. The number of aryl methyl sites for hydroxylation is 1. The molecule has 138 valence electrons. The van der Waals surface area contributed by atoms with Crippen LogP contribution in [0.5, 0.6) is 0 Å². The number of piperidine rings is 1. The second-order valence-electron chi connectivity index (χ2n) is 6.36. The van der Waals surface area contributed by atoms with Gasteiger partial charge in [0.15, 0.2) is 0 Å². The van der Waals surface area contributed by atoms with Gasteiger partial charge in [-0.3, -0.25) is 14.3 Å². The van der Waals surface area contributed by atoms with Crippen molar-refractivity contribution in [3.8, 4) is 11.3 Å². The predicted octanol–water partition coefficient (Wildman–Crippen LogP) is 3.16. The van der Waals surface area contributed by atoms with Crippen molar-refractivity contribution < 1.29 is 14.3 Å². The molecule has 1 saturated heterocycles. The lowest BCUT2D eigenvalue weighted by atomic mass is 9.98. The molecule has 1 aromatic carbocycles. The van der Waals surface area contributed by atoms with Crippen LogP contribution in [0.15, 0.2) is 30.3 Å². The standard InChI is InChI=1S/C19H22ClN3O3/c1-3-26-19(25)13-7-6-10-23(12-13)18(24)17-11-16(21-22(17)2)14-8-4-5-9-15(14)20/h4-5,8-9,11,13H,3,6-7,10,12H2,1-2H3. The highest BCUT2D eigenvalue weighted by Crippen LogP contribution is 2.28. The Hall–Kier alpha value is -2.34. The van der Waals surface area contributed by atoms with Crippen molar-refractivity contribution in [1.29, 1.82) is 0 Å². The third kappa shape index (κ3) is 3.75. The number of hydrogen-bond acceptors (Lipinski definition) is 4. The molecule has 3 rings (SSSR count). The minimum absolute atomic E-state index is 0.132. The smallest absolute Gasteiger partial charge is 0.310 e. The Kier molecular flexibility index (Phi) is 5.61. The van der Waals surface area contributed by atoms with E-state index in [0.29, 0.717) is 36.1 Å². The van der Waals surface area contributed by atoms with Crippen molar-refractivity contribution in [2.24, 2.45) is 13.0 Å². The van der Waals surface area contributed by atoms with Gasteiger partial charge in [0.2, 0.25) is 0 Å². The van der Waals surface area contributed by atoms with Crippen LogP contribution in [0.1, 0.15) is 30.3 Å². The predicted molar refractivity (Wildman–Crippen MR) is 98.9 cm³/mol. The van der Waals surface area contributed by atoms with Crippen LogP contribution in [0.4, 0.5) is 0 Å². The Balaban J connectivity index is 1.80. The van der Waals surface area contributed by atoms with Gasteiger partial charge in [-0.05, 0) is 31.9 Å². The number of carbonyl (C=O) groups excluding carboxylic acids is 2. The molecule has 1 aliphatic rings. The fourth-order valence-electron chi connectivity index (χ4n) is 3.24. The molecule has 1 aliphatic heterocycles. The highest BCUT2D eigenvalue weighted by Gasteiger charge is 2.31. The number of hydrogen-bond donors (Lipinski definition) is 0. The van der Waals surface area contributed by atoms with Crippen LogP contribution in [-0.2, 0) is 16.6 Å². The van der Waals surface area contributed by atoms with Crippen molar-refractivity contribution >= 4 is 23.5 Å². The van der Waals surface area contributed by atoms with E-state index in [0.717, 1.165) is 18.4 Å². The van der Waals surface area contributed by atoms with Crippen LogP contribution in [-0.4, -0.2) is 46.3 Å². The van der Waals surface area contributed by atoms with Gasteiger partial charge >= 0.3 is 5.97 Å². The summed E-state index contributed by atoms with van der Waals surface area (Å²) in [5.41, 5.74) is 1.91. The zero-order chi connectivity index (χ0) is 18.7. The molecule has 7 heteroatoms. The maximum absolute atomic E-state index is 13.0. The maximum Gasteiger partial charge on any atom is 0.310 e. The lowest BCUT2D eigenvalue weighted by Crippen LogP contribution is -2.43. The highest BCUT2D eigenvalue weighted by molar-refractivity contribution is 6.33. The summed E-state index contributed by atoms with van der Waals surface area (Å²) in [6, 6.07) is 9.14. The molecule has 1 aromatic heterocycles. The number of halogens is 1. The van der Waals surface area contributed by atoms with Crippen LogP contribution in [0, 0.1) is 5.92 Å².